The van der Waals surface area contributed by atoms with E-state index in [1.54, 1.807) is 25.4 Å². The number of rotatable bonds is 6. The molecule has 132 valence electrons. The lowest BCUT2D eigenvalue weighted by Gasteiger charge is -2.15. The van der Waals surface area contributed by atoms with Crippen LogP contribution in [0.4, 0.5) is 11.4 Å². The van der Waals surface area contributed by atoms with Gasteiger partial charge in [0.25, 0.3) is 11.8 Å². The van der Waals surface area contributed by atoms with E-state index in [2.05, 4.69) is 15.6 Å². The number of nitrogens with one attached hydrogen (secondary N) is 3. The van der Waals surface area contributed by atoms with Gasteiger partial charge in [-0.3, -0.25) is 9.59 Å². The number of benzene rings is 1. The summed E-state index contributed by atoms with van der Waals surface area (Å²) >= 11 is 5.91. The van der Waals surface area contributed by atoms with E-state index in [0.717, 1.165) is 21.7 Å². The van der Waals surface area contributed by atoms with Gasteiger partial charge in [-0.1, -0.05) is 23.7 Å². The molecule has 1 aromatic carbocycles. The normalized spacial score (nSPS) is 11.7. The number of hydrogen-bond donors (Lipinski definition) is 3. The van der Waals surface area contributed by atoms with Crippen molar-refractivity contribution in [2.75, 3.05) is 30.8 Å². The minimum Gasteiger partial charge on any atom is -0.322 e. The highest BCUT2D eigenvalue weighted by Crippen LogP contribution is 2.18. The summed E-state index contributed by atoms with van der Waals surface area (Å²) in [5, 5.41) is 5.82. The molecule has 25 heavy (non-hydrogen) atoms. The molecule has 6 nitrogen and oxygen atoms in total. The zero-order chi connectivity index (χ0) is 18.4. The molecule has 1 heterocycles. The summed E-state index contributed by atoms with van der Waals surface area (Å²) < 4.78 is 0. The first-order valence-corrected chi connectivity index (χ1v) is 8.32. The Bertz CT molecular complexity index is 779. The molecule has 7 heteroatoms. The fourth-order valence-electron chi connectivity index (χ4n) is 2.37. The van der Waals surface area contributed by atoms with Crippen molar-refractivity contribution < 1.29 is 14.5 Å². The van der Waals surface area contributed by atoms with Gasteiger partial charge in [0.2, 0.25) is 0 Å². The number of quaternary nitrogens is 1. The highest BCUT2D eigenvalue weighted by atomic mass is 35.5. The monoisotopic (exact) mass is 361 g/mol. The summed E-state index contributed by atoms with van der Waals surface area (Å²) in [6.45, 7) is 4.29. The molecule has 3 N–H and O–H groups in total. The van der Waals surface area contributed by atoms with Gasteiger partial charge in [0.1, 0.15) is 0 Å². The van der Waals surface area contributed by atoms with Crippen LogP contribution in [0.15, 0.2) is 36.5 Å². The quantitative estimate of drug-likeness (QED) is 0.681. The molecule has 2 rings (SSSR count). The van der Waals surface area contributed by atoms with Crippen LogP contribution in [0.1, 0.15) is 11.1 Å². The van der Waals surface area contributed by atoms with Gasteiger partial charge in [-0.25, -0.2) is 4.98 Å². The third kappa shape index (κ3) is 5.55. The zero-order valence-electron chi connectivity index (χ0n) is 14.5. The second-order valence-corrected chi connectivity index (χ2v) is 6.35. The standard InChI is InChI=1S/C18H21ClN4O2/c1-12-6-4-7-14(13(12)2)21-16(24)10-23(3)11-17(25)22-15-8-5-9-20-18(15)19/h4-9H,10-11H2,1-3H3,(H,21,24)(H,22,25)/p+1. The number of anilines is 2. The second kappa shape index (κ2) is 8.60. The maximum absolute atomic E-state index is 12.2. The van der Waals surface area contributed by atoms with Gasteiger partial charge in [-0.05, 0) is 43.2 Å². The second-order valence-electron chi connectivity index (χ2n) is 6.00. The molecule has 0 aliphatic heterocycles. The molecule has 2 amide bonds. The first kappa shape index (κ1) is 18.9. The average molecular weight is 362 g/mol. The maximum atomic E-state index is 12.2. The molecule has 2 aromatic rings. The zero-order valence-corrected chi connectivity index (χ0v) is 15.3. The van der Waals surface area contributed by atoms with Gasteiger partial charge in [-0.15, -0.1) is 0 Å². The predicted molar refractivity (Wildman–Crippen MR) is 99.0 cm³/mol. The molecular formula is C18H22ClN4O2+. The number of hydrogen-bond acceptors (Lipinski definition) is 3. The number of amides is 2. The van der Waals surface area contributed by atoms with Crippen LogP contribution < -0.4 is 15.5 Å². The molecule has 0 spiro atoms. The molecule has 0 aliphatic carbocycles. The molecule has 1 aromatic heterocycles. The van der Waals surface area contributed by atoms with Crippen molar-refractivity contribution in [2.24, 2.45) is 0 Å². The highest BCUT2D eigenvalue weighted by molar-refractivity contribution is 6.32. The molecule has 0 radical (unpaired) electrons. The van der Waals surface area contributed by atoms with Crippen molar-refractivity contribution in [1.29, 1.82) is 0 Å². The summed E-state index contributed by atoms with van der Waals surface area (Å²) in [6, 6.07) is 9.13. The largest absolute Gasteiger partial charge is 0.322 e. The van der Waals surface area contributed by atoms with Crippen LogP contribution in [0.25, 0.3) is 0 Å². The van der Waals surface area contributed by atoms with E-state index in [1.807, 2.05) is 32.0 Å². The van der Waals surface area contributed by atoms with E-state index >= 15 is 0 Å². The lowest BCUT2D eigenvalue weighted by molar-refractivity contribution is -0.862. The van der Waals surface area contributed by atoms with Crippen molar-refractivity contribution in [3.05, 3.63) is 52.8 Å². The summed E-state index contributed by atoms with van der Waals surface area (Å²) in [5.41, 5.74) is 3.41. The number of carbonyl (C=O) groups excluding carboxylic acids is 2. The summed E-state index contributed by atoms with van der Waals surface area (Å²) in [4.78, 5) is 28.9. The van der Waals surface area contributed by atoms with E-state index in [9.17, 15) is 9.59 Å². The van der Waals surface area contributed by atoms with Crippen molar-refractivity contribution in [3.8, 4) is 0 Å². The smallest absolute Gasteiger partial charge is 0.279 e. The molecule has 0 bridgehead atoms. The first-order valence-electron chi connectivity index (χ1n) is 7.94. The van der Waals surface area contributed by atoms with Crippen LogP contribution >= 0.6 is 11.6 Å². The van der Waals surface area contributed by atoms with Crippen LogP contribution in [-0.2, 0) is 9.59 Å². The van der Waals surface area contributed by atoms with Crippen LogP contribution in [0.5, 0.6) is 0 Å². The Balaban J connectivity index is 1.86. The Morgan fingerprint density at radius 3 is 2.28 bits per heavy atom. The van der Waals surface area contributed by atoms with E-state index in [0.29, 0.717) is 5.69 Å². The fraction of sp³-hybridized carbons (Fsp3) is 0.278. The van der Waals surface area contributed by atoms with Crippen LogP contribution in [-0.4, -0.2) is 36.9 Å². The van der Waals surface area contributed by atoms with Crippen LogP contribution in [0.2, 0.25) is 5.15 Å². The number of pyridine rings is 1. The van der Waals surface area contributed by atoms with Gasteiger partial charge in [-0.2, -0.15) is 0 Å². The third-order valence-corrected chi connectivity index (χ3v) is 4.14. The van der Waals surface area contributed by atoms with Gasteiger partial charge < -0.3 is 15.5 Å². The van der Waals surface area contributed by atoms with E-state index in [1.165, 1.54) is 0 Å². The molecule has 0 saturated heterocycles. The number of aryl methyl sites for hydroxylation is 1. The first-order chi connectivity index (χ1) is 11.9. The van der Waals surface area contributed by atoms with Gasteiger partial charge in [0.05, 0.1) is 12.7 Å². The van der Waals surface area contributed by atoms with Gasteiger partial charge in [0.15, 0.2) is 18.2 Å². The number of carbonyl (C=O) groups is 2. The minimum atomic E-state index is -0.230. The topological polar surface area (TPSA) is 75.5 Å². The predicted octanol–water partition coefficient (Wildman–Crippen LogP) is 1.44. The summed E-state index contributed by atoms with van der Waals surface area (Å²) in [6.07, 6.45) is 1.55. The Morgan fingerprint density at radius 2 is 1.64 bits per heavy atom. The van der Waals surface area contributed by atoms with E-state index in [-0.39, 0.29) is 30.1 Å². The van der Waals surface area contributed by atoms with Gasteiger partial charge >= 0.3 is 0 Å². The number of nitrogens with zero attached hydrogens (tertiary/aromatic N) is 1. The Morgan fingerprint density at radius 1 is 1.04 bits per heavy atom. The van der Waals surface area contributed by atoms with E-state index < -0.39 is 0 Å². The third-order valence-electron chi connectivity index (χ3n) is 3.84. The van der Waals surface area contributed by atoms with Crippen molar-refractivity contribution in [2.45, 2.75) is 13.8 Å². The Labute approximate surface area is 152 Å². The minimum absolute atomic E-state index is 0.140. The average Bonchev–Trinajstić information content (AvgIpc) is 2.53. The van der Waals surface area contributed by atoms with Crippen molar-refractivity contribution in [3.63, 3.8) is 0 Å². The molecule has 0 saturated carbocycles. The number of aromatic nitrogens is 1. The van der Waals surface area contributed by atoms with E-state index in [4.69, 9.17) is 11.6 Å². The number of halogens is 1. The molecular weight excluding hydrogens is 340 g/mol. The Kier molecular flexibility index (Phi) is 6.50. The molecule has 0 fully saturated rings. The molecule has 1 unspecified atom stereocenters. The number of likely N-dealkylation sites (N-methyl/N-ethyl adjacent to an activating group) is 1. The molecule has 1 atom stereocenters. The lowest BCUT2D eigenvalue weighted by atomic mass is 10.1. The fourth-order valence-corrected chi connectivity index (χ4v) is 2.53. The highest BCUT2D eigenvalue weighted by Gasteiger charge is 2.16. The lowest BCUT2D eigenvalue weighted by Crippen LogP contribution is -3.11. The van der Waals surface area contributed by atoms with Gasteiger partial charge in [0, 0.05) is 11.9 Å². The van der Waals surface area contributed by atoms with Crippen molar-refractivity contribution >= 4 is 34.8 Å². The van der Waals surface area contributed by atoms with Crippen LogP contribution in [0.3, 0.4) is 0 Å². The summed E-state index contributed by atoms with van der Waals surface area (Å²) in [7, 11) is 1.78. The Hall–Kier alpha value is -2.44. The summed E-state index contributed by atoms with van der Waals surface area (Å²) in [5.74, 6) is -0.370. The molecule has 0 aliphatic rings. The van der Waals surface area contributed by atoms with Crippen LogP contribution in [0, 0.1) is 13.8 Å². The van der Waals surface area contributed by atoms with Crippen molar-refractivity contribution in [1.82, 2.24) is 4.98 Å². The maximum Gasteiger partial charge on any atom is 0.279 e. The SMILES string of the molecule is Cc1cccc(NC(=O)C[NH+](C)CC(=O)Nc2cccnc2Cl)c1C.